The van der Waals surface area contributed by atoms with Crippen molar-refractivity contribution in [2.45, 2.75) is 46.1 Å². The van der Waals surface area contributed by atoms with Crippen LogP contribution in [-0.4, -0.2) is 24.5 Å². The molecule has 1 saturated heterocycles. The van der Waals surface area contributed by atoms with E-state index < -0.39 is 0 Å². The summed E-state index contributed by atoms with van der Waals surface area (Å²) in [5.74, 6) is 0.972. The molecule has 2 N–H and O–H groups in total. The summed E-state index contributed by atoms with van der Waals surface area (Å²) in [7, 11) is 0. The van der Waals surface area contributed by atoms with Crippen LogP contribution in [0.2, 0.25) is 0 Å². The number of carbonyl (C=O) groups is 1. The molecule has 1 amide bonds. The average Bonchev–Trinajstić information content (AvgIpc) is 2.17. The van der Waals surface area contributed by atoms with Gasteiger partial charge < -0.3 is 10.6 Å². The highest BCUT2D eigenvalue weighted by atomic mass is 16.2. The first kappa shape index (κ1) is 12.5. The van der Waals surface area contributed by atoms with Gasteiger partial charge in [0, 0.05) is 12.1 Å². The molecular formula is C12H24N2O. The van der Waals surface area contributed by atoms with Crippen molar-refractivity contribution in [3.8, 4) is 0 Å². The van der Waals surface area contributed by atoms with Crippen LogP contribution in [0.3, 0.4) is 0 Å². The van der Waals surface area contributed by atoms with Gasteiger partial charge in [-0.2, -0.15) is 0 Å². The molecule has 2 atom stereocenters. The molecule has 3 heteroatoms. The fourth-order valence-corrected chi connectivity index (χ4v) is 1.88. The molecule has 1 aliphatic heterocycles. The van der Waals surface area contributed by atoms with Crippen LogP contribution in [0.15, 0.2) is 0 Å². The maximum atomic E-state index is 12.0. The van der Waals surface area contributed by atoms with Gasteiger partial charge in [-0.15, -0.1) is 0 Å². The number of amides is 1. The normalized spacial score (nSPS) is 27.5. The van der Waals surface area contributed by atoms with Crippen molar-refractivity contribution in [1.82, 2.24) is 10.6 Å². The van der Waals surface area contributed by atoms with Crippen LogP contribution in [0.5, 0.6) is 0 Å². The van der Waals surface area contributed by atoms with Crippen molar-refractivity contribution in [1.29, 1.82) is 0 Å². The van der Waals surface area contributed by atoms with Crippen molar-refractivity contribution in [3.63, 3.8) is 0 Å². The zero-order valence-electron chi connectivity index (χ0n) is 10.4. The summed E-state index contributed by atoms with van der Waals surface area (Å²) < 4.78 is 0. The van der Waals surface area contributed by atoms with E-state index in [1.54, 1.807) is 0 Å². The number of rotatable bonds is 3. The zero-order chi connectivity index (χ0) is 11.5. The van der Waals surface area contributed by atoms with Crippen LogP contribution in [0, 0.1) is 11.8 Å². The minimum absolute atomic E-state index is 0.0717. The molecule has 0 saturated carbocycles. The van der Waals surface area contributed by atoms with E-state index in [1.165, 1.54) is 0 Å². The van der Waals surface area contributed by atoms with Gasteiger partial charge in [-0.05, 0) is 39.2 Å². The Balaban J connectivity index is 2.46. The Morgan fingerprint density at radius 3 is 2.67 bits per heavy atom. The molecule has 1 rings (SSSR count). The lowest BCUT2D eigenvalue weighted by molar-refractivity contribution is -0.127. The summed E-state index contributed by atoms with van der Waals surface area (Å²) >= 11 is 0. The van der Waals surface area contributed by atoms with Crippen LogP contribution in [0.4, 0.5) is 0 Å². The van der Waals surface area contributed by atoms with Crippen molar-refractivity contribution < 1.29 is 4.79 Å². The van der Waals surface area contributed by atoms with Gasteiger partial charge in [0.25, 0.3) is 0 Å². The maximum Gasteiger partial charge on any atom is 0.224 e. The Labute approximate surface area is 93.0 Å². The number of carbonyl (C=O) groups excluding carboxylic acids is 1. The molecule has 0 aliphatic carbocycles. The molecule has 0 bridgehead atoms. The number of hydrogen-bond donors (Lipinski definition) is 2. The van der Waals surface area contributed by atoms with E-state index in [4.69, 9.17) is 0 Å². The summed E-state index contributed by atoms with van der Waals surface area (Å²) in [5.41, 5.74) is -0.0717. The number of nitrogens with one attached hydrogen (secondary N) is 2. The number of piperidine rings is 1. The molecule has 88 valence electrons. The van der Waals surface area contributed by atoms with Gasteiger partial charge >= 0.3 is 0 Å². The fraction of sp³-hybridized carbons (Fsp3) is 0.917. The molecule has 0 aromatic rings. The van der Waals surface area contributed by atoms with E-state index in [1.807, 2.05) is 0 Å². The van der Waals surface area contributed by atoms with E-state index in [-0.39, 0.29) is 17.4 Å². The minimum atomic E-state index is -0.0717. The molecule has 1 heterocycles. The number of hydrogen-bond acceptors (Lipinski definition) is 2. The Kier molecular flexibility index (Phi) is 4.14. The van der Waals surface area contributed by atoms with Crippen molar-refractivity contribution in [2.75, 3.05) is 13.1 Å². The Bertz CT molecular complexity index is 226. The van der Waals surface area contributed by atoms with Crippen LogP contribution < -0.4 is 10.6 Å². The molecule has 0 spiro atoms. The third-order valence-electron chi connectivity index (χ3n) is 3.29. The predicted octanol–water partition coefficient (Wildman–Crippen LogP) is 1.54. The van der Waals surface area contributed by atoms with Gasteiger partial charge in [-0.25, -0.2) is 0 Å². The zero-order valence-corrected chi connectivity index (χ0v) is 10.4. The maximum absolute atomic E-state index is 12.0. The van der Waals surface area contributed by atoms with E-state index in [0.717, 1.165) is 25.9 Å². The van der Waals surface area contributed by atoms with E-state index >= 15 is 0 Å². The molecule has 0 aromatic heterocycles. The van der Waals surface area contributed by atoms with Crippen molar-refractivity contribution >= 4 is 5.91 Å². The monoisotopic (exact) mass is 212 g/mol. The van der Waals surface area contributed by atoms with E-state index in [2.05, 4.69) is 38.3 Å². The molecule has 0 radical (unpaired) electrons. The fourth-order valence-electron chi connectivity index (χ4n) is 1.88. The second kappa shape index (κ2) is 4.97. The lowest BCUT2D eigenvalue weighted by Crippen LogP contribution is -2.50. The lowest BCUT2D eigenvalue weighted by atomic mass is 9.90. The second-order valence-electron chi connectivity index (χ2n) is 5.42. The van der Waals surface area contributed by atoms with Crippen LogP contribution in [-0.2, 0) is 4.79 Å². The molecule has 2 unspecified atom stereocenters. The first-order chi connectivity index (χ1) is 6.94. The van der Waals surface area contributed by atoms with Gasteiger partial charge in [0.1, 0.15) is 0 Å². The summed E-state index contributed by atoms with van der Waals surface area (Å²) in [6.07, 6.45) is 1.98. The highest BCUT2D eigenvalue weighted by Gasteiger charge is 2.28. The van der Waals surface area contributed by atoms with Gasteiger partial charge in [-0.1, -0.05) is 13.8 Å². The molecule has 0 aromatic carbocycles. The van der Waals surface area contributed by atoms with Gasteiger partial charge in [-0.3, -0.25) is 4.79 Å². The third-order valence-corrected chi connectivity index (χ3v) is 3.29. The summed E-state index contributed by atoms with van der Waals surface area (Å²) in [6.45, 7) is 10.3. The van der Waals surface area contributed by atoms with Crippen molar-refractivity contribution in [2.24, 2.45) is 11.8 Å². The molecule has 1 aliphatic rings. The smallest absolute Gasteiger partial charge is 0.224 e. The Morgan fingerprint density at radius 1 is 1.47 bits per heavy atom. The quantitative estimate of drug-likeness (QED) is 0.745. The average molecular weight is 212 g/mol. The van der Waals surface area contributed by atoms with Gasteiger partial charge in [0.15, 0.2) is 0 Å². The van der Waals surface area contributed by atoms with Crippen LogP contribution in [0.25, 0.3) is 0 Å². The Hall–Kier alpha value is -0.570. The van der Waals surface area contributed by atoms with Gasteiger partial charge in [0.2, 0.25) is 5.91 Å². The molecule has 1 fully saturated rings. The highest BCUT2D eigenvalue weighted by Crippen LogP contribution is 2.17. The minimum Gasteiger partial charge on any atom is -0.351 e. The summed E-state index contributed by atoms with van der Waals surface area (Å²) in [4.78, 5) is 12.0. The first-order valence-corrected chi connectivity index (χ1v) is 5.97. The summed E-state index contributed by atoms with van der Waals surface area (Å²) in [6, 6.07) is 0. The van der Waals surface area contributed by atoms with Gasteiger partial charge in [0.05, 0.1) is 5.92 Å². The van der Waals surface area contributed by atoms with Crippen LogP contribution >= 0.6 is 0 Å². The lowest BCUT2D eigenvalue weighted by Gasteiger charge is -2.31. The highest BCUT2D eigenvalue weighted by molar-refractivity contribution is 5.79. The van der Waals surface area contributed by atoms with Crippen LogP contribution in [0.1, 0.15) is 40.5 Å². The molecule has 15 heavy (non-hydrogen) atoms. The molecular weight excluding hydrogens is 188 g/mol. The topological polar surface area (TPSA) is 41.1 Å². The summed E-state index contributed by atoms with van der Waals surface area (Å²) in [5, 5.41) is 6.43. The van der Waals surface area contributed by atoms with E-state index in [9.17, 15) is 4.79 Å². The largest absolute Gasteiger partial charge is 0.351 e. The molecule has 3 nitrogen and oxygen atoms in total. The third kappa shape index (κ3) is 3.82. The van der Waals surface area contributed by atoms with Crippen molar-refractivity contribution in [3.05, 3.63) is 0 Å². The predicted molar refractivity (Wildman–Crippen MR) is 62.7 cm³/mol. The second-order valence-corrected chi connectivity index (χ2v) is 5.42. The van der Waals surface area contributed by atoms with E-state index in [0.29, 0.717) is 5.92 Å². The SMILES string of the molecule is CCC(C)(C)NC(=O)C1CNCC(C)C1. The Morgan fingerprint density at radius 2 is 2.13 bits per heavy atom. The standard InChI is InChI=1S/C12H24N2O/c1-5-12(3,4)14-11(15)10-6-9(2)7-13-8-10/h9-10,13H,5-8H2,1-4H3,(H,14,15). The first-order valence-electron chi connectivity index (χ1n) is 5.97.